The van der Waals surface area contributed by atoms with E-state index in [1.165, 1.54) is 25.7 Å². The summed E-state index contributed by atoms with van der Waals surface area (Å²) in [6.45, 7) is 4.42. The summed E-state index contributed by atoms with van der Waals surface area (Å²) in [4.78, 5) is 6.96. The molecule has 3 atom stereocenters. The molecule has 3 heterocycles. The van der Waals surface area contributed by atoms with Gasteiger partial charge in [-0.3, -0.25) is 0 Å². The molecule has 4 aliphatic rings. The summed E-state index contributed by atoms with van der Waals surface area (Å²) in [7, 11) is 0. The molecule has 0 aromatic carbocycles. The fraction of sp³-hybridized carbons (Fsp3) is 0.722. The molecule has 2 aliphatic carbocycles. The first kappa shape index (κ1) is 14.1. The Morgan fingerprint density at radius 1 is 1.17 bits per heavy atom. The van der Waals surface area contributed by atoms with Crippen LogP contribution in [0.1, 0.15) is 25.7 Å². The predicted octanol–water partition coefficient (Wildman–Crippen LogP) is 2.29. The van der Waals surface area contributed by atoms with Crippen LogP contribution in [0.3, 0.4) is 0 Å². The molecular formula is C18H25N3O2. The van der Waals surface area contributed by atoms with Crippen LogP contribution in [0.5, 0.6) is 0 Å². The molecule has 1 N–H and O–H groups in total. The lowest BCUT2D eigenvalue weighted by molar-refractivity contribution is -0.158. The lowest BCUT2D eigenvalue weighted by atomic mass is 9.46. The minimum absolute atomic E-state index is 0.421. The minimum atomic E-state index is 0.421. The number of aromatic nitrogens is 1. The number of nitrogens with one attached hydrogen (secondary N) is 1. The van der Waals surface area contributed by atoms with E-state index in [0.717, 1.165) is 44.4 Å². The second-order valence-electron chi connectivity index (χ2n) is 7.46. The molecule has 5 nitrogen and oxygen atoms in total. The van der Waals surface area contributed by atoms with Crippen LogP contribution in [-0.2, 0) is 9.47 Å². The lowest BCUT2D eigenvalue weighted by Gasteiger charge is -2.63. The van der Waals surface area contributed by atoms with E-state index < -0.39 is 0 Å². The molecule has 0 unspecified atom stereocenters. The maximum Gasteiger partial charge on any atom is 0.128 e. The number of hydrogen-bond donors (Lipinski definition) is 1. The van der Waals surface area contributed by atoms with Crippen LogP contribution in [0, 0.1) is 11.3 Å². The van der Waals surface area contributed by atoms with Crippen molar-refractivity contribution in [1.82, 2.24) is 4.98 Å². The Kier molecular flexibility index (Phi) is 3.27. The number of fused-ring (bicyclic) bond motifs is 2. The monoisotopic (exact) mass is 315 g/mol. The molecule has 4 fully saturated rings. The van der Waals surface area contributed by atoms with Crippen molar-refractivity contribution in [2.24, 2.45) is 11.3 Å². The first-order chi connectivity index (χ1) is 11.4. The largest absolute Gasteiger partial charge is 0.380 e. The molecule has 0 radical (unpaired) electrons. The van der Waals surface area contributed by atoms with Gasteiger partial charge in [0.1, 0.15) is 5.82 Å². The van der Waals surface area contributed by atoms with E-state index in [-0.39, 0.29) is 0 Å². The zero-order valence-corrected chi connectivity index (χ0v) is 13.5. The summed E-state index contributed by atoms with van der Waals surface area (Å²) in [5.41, 5.74) is 1.58. The van der Waals surface area contributed by atoms with Gasteiger partial charge in [0.25, 0.3) is 0 Å². The number of ether oxygens (including phenoxy) is 2. The second-order valence-corrected chi connectivity index (χ2v) is 7.46. The quantitative estimate of drug-likeness (QED) is 0.927. The third-order valence-electron chi connectivity index (χ3n) is 6.44. The molecule has 2 saturated carbocycles. The van der Waals surface area contributed by atoms with Crippen molar-refractivity contribution in [3.8, 4) is 0 Å². The highest BCUT2D eigenvalue weighted by atomic mass is 16.5. The molecular weight excluding hydrogens is 290 g/mol. The van der Waals surface area contributed by atoms with Gasteiger partial charge in [0.05, 0.1) is 31.2 Å². The standard InChI is InChI=1S/C18H25N3O2/c1-5-18(6-1)16(14-4-9-23-17(14)18)20-13-2-3-15(19-12-13)21-7-10-22-11-8-21/h2-3,12,14,16-17,20H,1,4-11H2/t14-,16-,17-/m1/s1. The van der Waals surface area contributed by atoms with Gasteiger partial charge in [-0.25, -0.2) is 4.98 Å². The predicted molar refractivity (Wildman–Crippen MR) is 88.8 cm³/mol. The zero-order chi connectivity index (χ0) is 15.3. The van der Waals surface area contributed by atoms with Gasteiger partial charge in [0, 0.05) is 37.1 Å². The number of anilines is 2. The molecule has 23 heavy (non-hydrogen) atoms. The average Bonchev–Trinajstić information content (AvgIpc) is 2.98. The van der Waals surface area contributed by atoms with Crippen LogP contribution in [0.4, 0.5) is 11.5 Å². The molecule has 5 rings (SSSR count). The molecule has 0 amide bonds. The summed E-state index contributed by atoms with van der Waals surface area (Å²) in [6, 6.07) is 4.91. The number of pyridine rings is 1. The van der Waals surface area contributed by atoms with Gasteiger partial charge in [-0.2, -0.15) is 0 Å². The van der Waals surface area contributed by atoms with Crippen molar-refractivity contribution in [1.29, 1.82) is 0 Å². The Balaban J connectivity index is 1.29. The van der Waals surface area contributed by atoms with Crippen molar-refractivity contribution in [2.75, 3.05) is 43.1 Å². The number of nitrogens with zero attached hydrogens (tertiary/aromatic N) is 2. The maximum atomic E-state index is 6.00. The Bertz CT molecular complexity index is 566. The minimum Gasteiger partial charge on any atom is -0.380 e. The first-order valence-electron chi connectivity index (χ1n) is 9.04. The van der Waals surface area contributed by atoms with Crippen molar-refractivity contribution >= 4 is 11.5 Å². The van der Waals surface area contributed by atoms with E-state index in [4.69, 9.17) is 9.47 Å². The van der Waals surface area contributed by atoms with Crippen LogP contribution >= 0.6 is 0 Å². The molecule has 2 saturated heterocycles. The Morgan fingerprint density at radius 3 is 2.74 bits per heavy atom. The SMILES string of the molecule is c1cc(N2CCOCC2)ncc1N[C@@H]1[C@H]2CCO[C@H]2C12CCC2. The van der Waals surface area contributed by atoms with Crippen LogP contribution in [-0.4, -0.2) is 50.0 Å². The van der Waals surface area contributed by atoms with Crippen molar-refractivity contribution in [2.45, 2.75) is 37.8 Å². The Morgan fingerprint density at radius 2 is 2.04 bits per heavy atom. The smallest absolute Gasteiger partial charge is 0.128 e. The highest BCUT2D eigenvalue weighted by Crippen LogP contribution is 2.63. The van der Waals surface area contributed by atoms with Gasteiger partial charge in [0.15, 0.2) is 0 Å². The van der Waals surface area contributed by atoms with Gasteiger partial charge >= 0.3 is 0 Å². The van der Waals surface area contributed by atoms with Crippen LogP contribution in [0.15, 0.2) is 18.3 Å². The number of rotatable bonds is 3. The summed E-state index contributed by atoms with van der Waals surface area (Å²) in [5, 5.41) is 3.79. The Labute approximate surface area is 137 Å². The van der Waals surface area contributed by atoms with Crippen LogP contribution < -0.4 is 10.2 Å². The van der Waals surface area contributed by atoms with E-state index >= 15 is 0 Å². The highest BCUT2D eigenvalue weighted by molar-refractivity contribution is 5.50. The van der Waals surface area contributed by atoms with E-state index in [1.807, 2.05) is 6.20 Å². The fourth-order valence-electron chi connectivity index (χ4n) is 5.09. The maximum absolute atomic E-state index is 6.00. The summed E-state index contributed by atoms with van der Waals surface area (Å²) in [5.74, 6) is 1.77. The van der Waals surface area contributed by atoms with Gasteiger partial charge in [-0.15, -0.1) is 0 Å². The molecule has 1 aromatic heterocycles. The van der Waals surface area contributed by atoms with Crippen LogP contribution in [0.2, 0.25) is 0 Å². The topological polar surface area (TPSA) is 46.6 Å². The Hall–Kier alpha value is -1.33. The van der Waals surface area contributed by atoms with Crippen LogP contribution in [0.25, 0.3) is 0 Å². The normalized spacial score (nSPS) is 34.6. The van der Waals surface area contributed by atoms with Crippen molar-refractivity contribution in [3.05, 3.63) is 18.3 Å². The average molecular weight is 315 g/mol. The van der Waals surface area contributed by atoms with Gasteiger partial charge in [-0.05, 0) is 31.4 Å². The highest BCUT2D eigenvalue weighted by Gasteiger charge is 2.66. The first-order valence-corrected chi connectivity index (χ1v) is 9.04. The third kappa shape index (κ3) is 2.09. The van der Waals surface area contributed by atoms with E-state index in [0.29, 0.717) is 23.5 Å². The second kappa shape index (κ2) is 5.35. The third-order valence-corrected chi connectivity index (χ3v) is 6.44. The number of hydrogen-bond acceptors (Lipinski definition) is 5. The van der Waals surface area contributed by atoms with Gasteiger partial charge in [0.2, 0.25) is 0 Å². The van der Waals surface area contributed by atoms with E-state index in [2.05, 4.69) is 27.3 Å². The molecule has 1 spiro atoms. The van der Waals surface area contributed by atoms with Crippen molar-refractivity contribution < 1.29 is 9.47 Å². The molecule has 0 bridgehead atoms. The molecule has 2 aliphatic heterocycles. The summed E-state index contributed by atoms with van der Waals surface area (Å²) >= 11 is 0. The lowest BCUT2D eigenvalue weighted by Crippen LogP contribution is -2.68. The molecule has 1 aromatic rings. The van der Waals surface area contributed by atoms with Gasteiger partial charge in [-0.1, -0.05) is 6.42 Å². The summed E-state index contributed by atoms with van der Waals surface area (Å²) < 4.78 is 11.4. The number of morpholine rings is 1. The fourth-order valence-corrected chi connectivity index (χ4v) is 5.09. The molecule has 5 heteroatoms. The summed E-state index contributed by atoms with van der Waals surface area (Å²) in [6.07, 6.45) is 7.74. The van der Waals surface area contributed by atoms with Crippen molar-refractivity contribution in [3.63, 3.8) is 0 Å². The van der Waals surface area contributed by atoms with E-state index in [1.54, 1.807) is 0 Å². The molecule has 124 valence electrons. The van der Waals surface area contributed by atoms with Gasteiger partial charge < -0.3 is 19.7 Å². The van der Waals surface area contributed by atoms with E-state index in [9.17, 15) is 0 Å². The zero-order valence-electron chi connectivity index (χ0n) is 13.5.